The number of amides is 2. The molecule has 2 amide bonds. The number of benzene rings is 1. The Labute approximate surface area is 213 Å². The van der Waals surface area contributed by atoms with E-state index < -0.39 is 0 Å². The number of anilines is 3. The molecule has 3 heterocycles. The quantitative estimate of drug-likeness (QED) is 0.473. The molecule has 2 fully saturated rings. The monoisotopic (exact) mass is 491 g/mol. The summed E-state index contributed by atoms with van der Waals surface area (Å²) in [6, 6.07) is 11.8. The van der Waals surface area contributed by atoms with Crippen molar-refractivity contribution in [2.45, 2.75) is 50.8 Å². The van der Waals surface area contributed by atoms with Crippen LogP contribution in [-0.2, 0) is 13.6 Å². The third kappa shape index (κ3) is 6.15. The fourth-order valence-corrected chi connectivity index (χ4v) is 5.06. The lowest BCUT2D eigenvalue weighted by atomic mass is 10.2. The van der Waals surface area contributed by atoms with E-state index in [1.54, 1.807) is 12.3 Å². The molecular formula is C27H37N7O2. The second-order valence-corrected chi connectivity index (χ2v) is 9.86. The van der Waals surface area contributed by atoms with Gasteiger partial charge in [-0.05, 0) is 69.5 Å². The number of ether oxygens (including phenoxy) is 1. The fourth-order valence-electron chi connectivity index (χ4n) is 5.06. The number of aromatic nitrogens is 3. The van der Waals surface area contributed by atoms with Gasteiger partial charge in [0.15, 0.2) is 0 Å². The second-order valence-electron chi connectivity index (χ2n) is 9.86. The van der Waals surface area contributed by atoms with Gasteiger partial charge in [-0.25, -0.2) is 9.78 Å². The number of nitrogens with one attached hydrogen (secondary N) is 2. The smallest absolute Gasteiger partial charge is 0.323 e. The second kappa shape index (κ2) is 11.0. The summed E-state index contributed by atoms with van der Waals surface area (Å²) in [4.78, 5) is 21.6. The Morgan fingerprint density at radius 2 is 1.83 bits per heavy atom. The van der Waals surface area contributed by atoms with Crippen molar-refractivity contribution in [3.8, 4) is 5.88 Å². The highest BCUT2D eigenvalue weighted by Gasteiger charge is 2.26. The van der Waals surface area contributed by atoms with Crippen molar-refractivity contribution in [3.63, 3.8) is 0 Å². The molecule has 2 aliphatic rings. The molecule has 9 heteroatoms. The van der Waals surface area contributed by atoms with E-state index in [9.17, 15) is 4.79 Å². The van der Waals surface area contributed by atoms with Crippen LogP contribution in [0.4, 0.5) is 21.9 Å². The molecule has 1 saturated heterocycles. The highest BCUT2D eigenvalue weighted by atomic mass is 16.5. The first-order valence-corrected chi connectivity index (χ1v) is 12.8. The van der Waals surface area contributed by atoms with Gasteiger partial charge in [-0.1, -0.05) is 0 Å². The molecule has 1 atom stereocenters. The summed E-state index contributed by atoms with van der Waals surface area (Å²) in [6.45, 7) is 2.90. The van der Waals surface area contributed by atoms with Crippen LogP contribution in [0.3, 0.4) is 0 Å². The molecule has 0 radical (unpaired) electrons. The van der Waals surface area contributed by atoms with E-state index >= 15 is 0 Å². The topological polar surface area (TPSA) is 87.6 Å². The summed E-state index contributed by atoms with van der Waals surface area (Å²) < 4.78 is 7.73. The Morgan fingerprint density at radius 1 is 1.08 bits per heavy atom. The largest absolute Gasteiger partial charge is 0.474 e. The van der Waals surface area contributed by atoms with Gasteiger partial charge in [0.05, 0.1) is 18.1 Å². The molecule has 0 bridgehead atoms. The van der Waals surface area contributed by atoms with Crippen molar-refractivity contribution >= 4 is 23.1 Å². The van der Waals surface area contributed by atoms with E-state index in [4.69, 9.17) is 4.74 Å². The zero-order valence-corrected chi connectivity index (χ0v) is 21.1. The van der Waals surface area contributed by atoms with Crippen LogP contribution in [-0.4, -0.2) is 58.0 Å². The summed E-state index contributed by atoms with van der Waals surface area (Å²) in [6.07, 6.45) is 11.6. The number of pyridine rings is 1. The Hall–Kier alpha value is -3.59. The Balaban J connectivity index is 0.00000320. The van der Waals surface area contributed by atoms with Crippen LogP contribution in [0.2, 0.25) is 0 Å². The van der Waals surface area contributed by atoms with Crippen molar-refractivity contribution in [2.24, 2.45) is 7.05 Å². The first-order chi connectivity index (χ1) is 17.5. The number of aryl methyl sites for hydroxylation is 1. The van der Waals surface area contributed by atoms with Gasteiger partial charge < -0.3 is 20.3 Å². The number of carbonyl (C=O) groups is 1. The van der Waals surface area contributed by atoms with Crippen LogP contribution < -0.4 is 20.3 Å². The zero-order chi connectivity index (χ0) is 24.9. The molecule has 3 aromatic rings. The van der Waals surface area contributed by atoms with Gasteiger partial charge >= 0.3 is 6.03 Å². The minimum Gasteiger partial charge on any atom is -0.474 e. The number of hydrogen-bond donors (Lipinski definition) is 2. The highest BCUT2D eigenvalue weighted by molar-refractivity contribution is 5.99. The Morgan fingerprint density at radius 3 is 2.53 bits per heavy atom. The molecule has 0 spiro atoms. The van der Waals surface area contributed by atoms with Gasteiger partial charge in [-0.2, -0.15) is 5.10 Å². The average molecular weight is 492 g/mol. The van der Waals surface area contributed by atoms with Crippen LogP contribution in [0.1, 0.15) is 39.1 Å². The van der Waals surface area contributed by atoms with Gasteiger partial charge in [0.25, 0.3) is 0 Å². The maximum Gasteiger partial charge on any atom is 0.323 e. The van der Waals surface area contributed by atoms with Gasteiger partial charge in [-0.3, -0.25) is 9.58 Å². The predicted molar refractivity (Wildman–Crippen MR) is 144 cm³/mol. The Kier molecular flexibility index (Phi) is 7.36. The van der Waals surface area contributed by atoms with Crippen molar-refractivity contribution < 1.29 is 11.0 Å². The summed E-state index contributed by atoms with van der Waals surface area (Å²) in [5.41, 5.74) is 3.77. The number of urea groups is 1. The molecule has 1 unspecified atom stereocenters. The van der Waals surface area contributed by atoms with Gasteiger partial charge in [0, 0.05) is 63.4 Å². The van der Waals surface area contributed by atoms with E-state index in [2.05, 4.69) is 55.9 Å². The first-order valence-electron chi connectivity index (χ1n) is 12.8. The lowest BCUT2D eigenvalue weighted by Gasteiger charge is -2.25. The molecule has 5 rings (SSSR count). The SMILES string of the molecule is CN(Cc1cnn(C)c1)C1CCN(c2ccc(NC(=O)Nc3ccc(OC4CCCC4)nc3)cc2)C1.[HH]. The van der Waals surface area contributed by atoms with Crippen LogP contribution in [0.15, 0.2) is 55.0 Å². The van der Waals surface area contributed by atoms with Gasteiger partial charge in [0.2, 0.25) is 5.88 Å². The predicted octanol–water partition coefficient (Wildman–Crippen LogP) is 4.74. The normalized spacial score (nSPS) is 18.1. The molecule has 2 aromatic heterocycles. The molecule has 2 N–H and O–H groups in total. The lowest BCUT2D eigenvalue weighted by molar-refractivity contribution is 0.201. The number of carbonyl (C=O) groups excluding carboxylic acids is 1. The molecule has 1 saturated carbocycles. The van der Waals surface area contributed by atoms with Crippen LogP contribution in [0, 0.1) is 0 Å². The fraction of sp³-hybridized carbons (Fsp3) is 0.444. The van der Waals surface area contributed by atoms with E-state index in [1.165, 1.54) is 24.1 Å². The van der Waals surface area contributed by atoms with Crippen LogP contribution in [0.25, 0.3) is 0 Å². The summed E-state index contributed by atoms with van der Waals surface area (Å²) in [5.74, 6) is 0.607. The highest BCUT2D eigenvalue weighted by Crippen LogP contribution is 2.26. The van der Waals surface area contributed by atoms with Crippen molar-refractivity contribution in [3.05, 3.63) is 60.6 Å². The zero-order valence-electron chi connectivity index (χ0n) is 21.1. The third-order valence-electron chi connectivity index (χ3n) is 7.05. The maximum absolute atomic E-state index is 12.5. The molecular weight excluding hydrogens is 454 g/mol. The maximum atomic E-state index is 12.5. The molecule has 1 aliphatic heterocycles. The number of hydrogen-bond acceptors (Lipinski definition) is 6. The summed E-state index contributed by atoms with van der Waals surface area (Å²) in [5, 5.41) is 9.99. The molecule has 36 heavy (non-hydrogen) atoms. The molecule has 1 aromatic carbocycles. The van der Waals surface area contributed by atoms with Crippen molar-refractivity contribution in [1.82, 2.24) is 19.7 Å². The van der Waals surface area contributed by atoms with E-state index in [0.29, 0.717) is 17.6 Å². The number of likely N-dealkylation sites (N-methyl/N-ethyl adjacent to an activating group) is 1. The minimum atomic E-state index is -0.299. The lowest BCUT2D eigenvalue weighted by Crippen LogP contribution is -2.34. The van der Waals surface area contributed by atoms with Gasteiger partial charge in [-0.15, -0.1) is 0 Å². The average Bonchev–Trinajstić information content (AvgIpc) is 3.64. The number of nitrogens with zero attached hydrogens (tertiary/aromatic N) is 5. The minimum absolute atomic E-state index is 0. The number of rotatable bonds is 8. The Bertz CT molecular complexity index is 1150. The van der Waals surface area contributed by atoms with Crippen LogP contribution in [0.5, 0.6) is 5.88 Å². The van der Waals surface area contributed by atoms with E-state index in [0.717, 1.165) is 44.6 Å². The van der Waals surface area contributed by atoms with Gasteiger partial charge in [0.1, 0.15) is 6.10 Å². The molecule has 9 nitrogen and oxygen atoms in total. The van der Waals surface area contributed by atoms with Crippen molar-refractivity contribution in [1.29, 1.82) is 0 Å². The summed E-state index contributed by atoms with van der Waals surface area (Å²) in [7, 11) is 4.13. The first kappa shape index (κ1) is 24.1. The third-order valence-corrected chi connectivity index (χ3v) is 7.05. The van der Waals surface area contributed by atoms with E-state index in [1.807, 2.05) is 36.1 Å². The van der Waals surface area contributed by atoms with E-state index in [-0.39, 0.29) is 13.6 Å². The van der Waals surface area contributed by atoms with Crippen molar-refractivity contribution in [2.75, 3.05) is 35.7 Å². The molecule has 1 aliphatic carbocycles. The standard InChI is InChI=1S/C27H35N7O2.H2/c1-32(17-20-15-29-33(2)18-20)24-13-14-34(19-24)23-10-7-21(8-11-23)30-27(35)31-22-9-12-26(28-16-22)36-25-5-3-4-6-25;/h7-12,15-16,18,24-25H,3-6,13-14,17,19H2,1-2H3,(H2,30,31,35);1H. The molecule has 192 valence electrons. The van der Waals surface area contributed by atoms with Crippen LogP contribution >= 0.6 is 0 Å². The summed E-state index contributed by atoms with van der Waals surface area (Å²) >= 11 is 0.